The van der Waals surface area contributed by atoms with Crippen molar-refractivity contribution in [1.29, 1.82) is 0 Å². The highest BCUT2D eigenvalue weighted by Gasteiger charge is 2.30. The maximum atomic E-state index is 13.0. The Morgan fingerprint density at radius 3 is 2.43 bits per heavy atom. The van der Waals surface area contributed by atoms with Gasteiger partial charge in [0.1, 0.15) is 0 Å². The molecule has 0 unspecified atom stereocenters. The minimum absolute atomic E-state index is 0.0508. The molecule has 0 aliphatic carbocycles. The monoisotopic (exact) mass is 482 g/mol. The normalized spacial score (nSPS) is 12.0. The highest BCUT2D eigenvalue weighted by Crippen LogP contribution is 2.34. The van der Waals surface area contributed by atoms with E-state index in [0.29, 0.717) is 35.6 Å². The minimum atomic E-state index is -4.42. The van der Waals surface area contributed by atoms with Gasteiger partial charge in [-0.15, -0.1) is 0 Å². The molecule has 0 bridgehead atoms. The van der Waals surface area contributed by atoms with Crippen LogP contribution in [0.3, 0.4) is 0 Å². The van der Waals surface area contributed by atoms with Crippen LogP contribution in [0.15, 0.2) is 54.7 Å². The zero-order valence-electron chi connectivity index (χ0n) is 18.8. The van der Waals surface area contributed by atoms with Gasteiger partial charge in [-0.3, -0.25) is 14.0 Å². The van der Waals surface area contributed by atoms with Gasteiger partial charge in [0.25, 0.3) is 5.91 Å². The number of halogens is 3. The molecule has 0 saturated heterocycles. The Kier molecular flexibility index (Phi) is 5.27. The molecule has 0 spiro atoms. The van der Waals surface area contributed by atoms with Gasteiger partial charge in [0.15, 0.2) is 5.65 Å². The highest BCUT2D eigenvalue weighted by atomic mass is 19.4. The van der Waals surface area contributed by atoms with Crippen LogP contribution in [0.1, 0.15) is 21.6 Å². The van der Waals surface area contributed by atoms with E-state index in [1.54, 1.807) is 47.6 Å². The number of carbonyl (C=O) groups excluding carboxylic acids is 1. The van der Waals surface area contributed by atoms with Crippen LogP contribution in [0, 0.1) is 0 Å². The predicted octanol–water partition coefficient (Wildman–Crippen LogP) is 3.95. The largest absolute Gasteiger partial charge is 0.493 e. The number of hydrogen-bond acceptors (Lipinski definition) is 4. The number of aromatic nitrogens is 5. The number of hydrogen-bond donors (Lipinski definition) is 2. The Balaban J connectivity index is 1.46. The Hall–Kier alpha value is -4.28. The minimum Gasteiger partial charge on any atom is -0.493 e. The fraction of sp³-hybridized carbons (Fsp3) is 0.208. The molecule has 35 heavy (non-hydrogen) atoms. The number of alkyl halides is 3. The molecule has 5 rings (SSSR count). The van der Waals surface area contributed by atoms with Crippen LogP contribution in [-0.2, 0) is 26.7 Å². The van der Waals surface area contributed by atoms with Crippen molar-refractivity contribution in [2.45, 2.75) is 12.6 Å². The van der Waals surface area contributed by atoms with Crippen molar-refractivity contribution < 1.29 is 23.1 Å². The van der Waals surface area contributed by atoms with Crippen LogP contribution in [-0.4, -0.2) is 41.7 Å². The average molecular weight is 482 g/mol. The third-order valence-electron chi connectivity index (χ3n) is 5.84. The van der Waals surface area contributed by atoms with Gasteiger partial charge in [0, 0.05) is 61.3 Å². The molecular weight excluding hydrogens is 461 g/mol. The highest BCUT2D eigenvalue weighted by molar-refractivity contribution is 6.10. The van der Waals surface area contributed by atoms with Gasteiger partial charge >= 0.3 is 6.18 Å². The van der Waals surface area contributed by atoms with E-state index >= 15 is 0 Å². The van der Waals surface area contributed by atoms with Gasteiger partial charge in [0.05, 0.1) is 16.8 Å². The summed E-state index contributed by atoms with van der Waals surface area (Å²) in [4.78, 5) is 12.8. The maximum Gasteiger partial charge on any atom is 0.416 e. The van der Waals surface area contributed by atoms with Gasteiger partial charge in [-0.1, -0.05) is 0 Å². The third kappa shape index (κ3) is 4.09. The summed E-state index contributed by atoms with van der Waals surface area (Å²) < 4.78 is 43.8. The number of benzene rings is 2. The molecule has 3 heterocycles. The van der Waals surface area contributed by atoms with Crippen molar-refractivity contribution in [3.63, 3.8) is 0 Å². The lowest BCUT2D eigenvalue weighted by Gasteiger charge is -2.10. The smallest absolute Gasteiger partial charge is 0.416 e. The van der Waals surface area contributed by atoms with E-state index in [1.165, 1.54) is 16.8 Å². The van der Waals surface area contributed by atoms with Crippen LogP contribution in [0.2, 0.25) is 0 Å². The topological polar surface area (TPSA) is 89.9 Å². The van der Waals surface area contributed by atoms with Crippen molar-refractivity contribution in [3.8, 4) is 11.6 Å². The summed E-state index contributed by atoms with van der Waals surface area (Å²) in [6, 6.07) is 11.6. The first kappa shape index (κ1) is 22.5. The molecule has 2 N–H and O–H groups in total. The van der Waals surface area contributed by atoms with Crippen molar-refractivity contribution >= 4 is 27.8 Å². The van der Waals surface area contributed by atoms with E-state index in [0.717, 1.165) is 28.4 Å². The molecule has 0 aliphatic rings. The van der Waals surface area contributed by atoms with E-state index < -0.39 is 11.7 Å². The van der Waals surface area contributed by atoms with E-state index in [-0.39, 0.29) is 11.8 Å². The number of fused-ring (bicyclic) bond motifs is 3. The number of aromatic hydroxyl groups is 1. The van der Waals surface area contributed by atoms with Gasteiger partial charge in [0.2, 0.25) is 5.88 Å². The summed E-state index contributed by atoms with van der Waals surface area (Å²) in [5.74, 6) is -0.221. The van der Waals surface area contributed by atoms with E-state index in [4.69, 9.17) is 0 Å². The molecular formula is C24H21F3N6O2. The third-order valence-corrected chi connectivity index (χ3v) is 5.84. The summed E-state index contributed by atoms with van der Waals surface area (Å²) in [7, 11) is 3.39. The number of rotatable bonds is 5. The number of amides is 1. The van der Waals surface area contributed by atoms with Crippen LogP contribution < -0.4 is 5.32 Å². The van der Waals surface area contributed by atoms with Gasteiger partial charge in [-0.05, 0) is 42.5 Å². The van der Waals surface area contributed by atoms with Crippen molar-refractivity contribution in [2.24, 2.45) is 14.1 Å². The average Bonchev–Trinajstić information content (AvgIpc) is 3.43. The van der Waals surface area contributed by atoms with Crippen molar-refractivity contribution in [3.05, 3.63) is 71.5 Å². The molecule has 180 valence electrons. The van der Waals surface area contributed by atoms with Crippen LogP contribution >= 0.6 is 0 Å². The fourth-order valence-corrected chi connectivity index (χ4v) is 4.14. The lowest BCUT2D eigenvalue weighted by Crippen LogP contribution is -2.25. The maximum absolute atomic E-state index is 13.0. The summed E-state index contributed by atoms with van der Waals surface area (Å²) in [6.07, 6.45) is -2.15. The first-order valence-electron chi connectivity index (χ1n) is 10.8. The zero-order chi connectivity index (χ0) is 24.9. The summed E-state index contributed by atoms with van der Waals surface area (Å²) >= 11 is 0. The van der Waals surface area contributed by atoms with Gasteiger partial charge in [-0.2, -0.15) is 23.4 Å². The molecule has 0 fully saturated rings. The number of nitrogens with one attached hydrogen (secondary N) is 1. The summed E-state index contributed by atoms with van der Waals surface area (Å²) in [6.45, 7) is 0.336. The first-order chi connectivity index (χ1) is 16.6. The molecule has 1 amide bonds. The molecule has 11 heteroatoms. The van der Waals surface area contributed by atoms with Gasteiger partial charge in [-0.25, -0.2) is 4.68 Å². The second-order valence-electron chi connectivity index (χ2n) is 8.28. The molecule has 0 aliphatic heterocycles. The number of carbonyl (C=O) groups is 1. The second-order valence-corrected chi connectivity index (χ2v) is 8.28. The lowest BCUT2D eigenvalue weighted by atomic mass is 10.1. The molecule has 3 aromatic heterocycles. The quantitative estimate of drug-likeness (QED) is 0.397. The Labute approximate surface area is 197 Å². The number of aryl methyl sites for hydroxylation is 2. The summed E-state index contributed by atoms with van der Waals surface area (Å²) in [5, 5.41) is 22.6. The van der Waals surface area contributed by atoms with Crippen LogP contribution in [0.5, 0.6) is 5.88 Å². The fourth-order valence-electron chi connectivity index (χ4n) is 4.14. The van der Waals surface area contributed by atoms with Gasteiger partial charge < -0.3 is 10.4 Å². The molecule has 0 saturated carbocycles. The molecule has 0 radical (unpaired) electrons. The van der Waals surface area contributed by atoms with Crippen molar-refractivity contribution in [2.75, 3.05) is 6.54 Å². The van der Waals surface area contributed by atoms with Crippen LogP contribution in [0.4, 0.5) is 13.2 Å². The lowest BCUT2D eigenvalue weighted by molar-refractivity contribution is -0.137. The Bertz CT molecular complexity index is 1540. The second kappa shape index (κ2) is 8.19. The van der Waals surface area contributed by atoms with Crippen LogP contribution in [0.25, 0.3) is 27.6 Å². The van der Waals surface area contributed by atoms with E-state index in [1.807, 2.05) is 6.20 Å². The van der Waals surface area contributed by atoms with E-state index in [9.17, 15) is 23.1 Å². The predicted molar refractivity (Wildman–Crippen MR) is 123 cm³/mol. The summed E-state index contributed by atoms with van der Waals surface area (Å²) in [5.41, 5.74) is 2.21. The molecule has 0 atom stereocenters. The van der Waals surface area contributed by atoms with E-state index in [2.05, 4.69) is 15.5 Å². The first-order valence-corrected chi connectivity index (χ1v) is 10.8. The number of nitrogens with zero attached hydrogens (tertiary/aromatic N) is 5. The van der Waals surface area contributed by atoms with Crippen molar-refractivity contribution in [1.82, 2.24) is 29.4 Å². The zero-order valence-corrected chi connectivity index (χ0v) is 18.8. The molecule has 2 aromatic carbocycles. The molecule has 5 aromatic rings. The SMILES string of the molecule is Cn1cc2c3cc(C(=O)NCCc4cc(O)n(C)n4)ccc3n(-c3ccc(C(F)(F)F)cc3)c2n1. The standard InChI is InChI=1S/C24H21F3N6O2/c1-31-13-19-18-11-14(23(35)28-10-9-16-12-21(34)32(2)29-16)3-8-20(18)33(22(19)30-31)17-6-4-15(5-7-17)24(25,26)27/h3-8,11-13,34H,9-10H2,1-2H3,(H,28,35). The Morgan fingerprint density at radius 1 is 1.03 bits per heavy atom. The molecule has 8 nitrogen and oxygen atoms in total. The Morgan fingerprint density at radius 2 is 1.77 bits per heavy atom.